The predicted molar refractivity (Wildman–Crippen MR) is 72.7 cm³/mol. The molecule has 0 aliphatic rings. The van der Waals surface area contributed by atoms with Crippen molar-refractivity contribution in [1.29, 1.82) is 0 Å². The van der Waals surface area contributed by atoms with E-state index in [0.29, 0.717) is 11.5 Å². The molecule has 0 aliphatic heterocycles. The van der Waals surface area contributed by atoms with Crippen molar-refractivity contribution < 1.29 is 9.13 Å². The SMILES string of the molecule is COc1c(N)ncnc1Nc1cc(Cl)c(F)c(Cl)c1. The second kappa shape index (κ2) is 5.46. The van der Waals surface area contributed by atoms with Gasteiger partial charge in [-0.2, -0.15) is 0 Å². The van der Waals surface area contributed by atoms with E-state index in [1.807, 2.05) is 0 Å². The van der Waals surface area contributed by atoms with Crippen LogP contribution in [0.3, 0.4) is 0 Å². The summed E-state index contributed by atoms with van der Waals surface area (Å²) in [5.74, 6) is 0.107. The van der Waals surface area contributed by atoms with Crippen LogP contribution in [0.25, 0.3) is 0 Å². The zero-order chi connectivity index (χ0) is 14.0. The fraction of sp³-hybridized carbons (Fsp3) is 0.0909. The van der Waals surface area contributed by atoms with Gasteiger partial charge in [0.25, 0.3) is 0 Å². The quantitative estimate of drug-likeness (QED) is 0.851. The van der Waals surface area contributed by atoms with Crippen LogP contribution in [0.15, 0.2) is 18.5 Å². The first-order chi connectivity index (χ1) is 9.02. The van der Waals surface area contributed by atoms with Gasteiger partial charge in [-0.3, -0.25) is 0 Å². The molecule has 0 atom stereocenters. The van der Waals surface area contributed by atoms with Gasteiger partial charge in [0.2, 0.25) is 5.75 Å². The third-order valence-electron chi connectivity index (χ3n) is 2.28. The first-order valence-electron chi connectivity index (χ1n) is 5.09. The van der Waals surface area contributed by atoms with E-state index >= 15 is 0 Å². The number of nitrogens with one attached hydrogen (secondary N) is 1. The molecule has 3 N–H and O–H groups in total. The molecule has 0 radical (unpaired) electrons. The van der Waals surface area contributed by atoms with Gasteiger partial charge < -0.3 is 15.8 Å². The van der Waals surface area contributed by atoms with Gasteiger partial charge in [0.15, 0.2) is 17.5 Å². The van der Waals surface area contributed by atoms with E-state index in [1.54, 1.807) is 0 Å². The van der Waals surface area contributed by atoms with Crippen molar-refractivity contribution in [3.05, 3.63) is 34.3 Å². The molecule has 2 rings (SSSR count). The van der Waals surface area contributed by atoms with E-state index in [2.05, 4.69) is 15.3 Å². The van der Waals surface area contributed by atoms with Crippen LogP contribution in [0.4, 0.5) is 21.7 Å². The van der Waals surface area contributed by atoms with Crippen LogP contribution in [0.1, 0.15) is 0 Å². The Bertz CT molecular complexity index is 601. The number of rotatable bonds is 3. The Morgan fingerprint density at radius 3 is 2.47 bits per heavy atom. The fourth-order valence-corrected chi connectivity index (χ4v) is 1.93. The second-order valence-electron chi connectivity index (χ2n) is 3.52. The second-order valence-corrected chi connectivity index (χ2v) is 4.33. The average molecular weight is 303 g/mol. The summed E-state index contributed by atoms with van der Waals surface area (Å²) in [5, 5.41) is 2.68. The number of nitrogens with zero attached hydrogens (tertiary/aromatic N) is 2. The van der Waals surface area contributed by atoms with Crippen molar-refractivity contribution in [2.24, 2.45) is 0 Å². The van der Waals surface area contributed by atoms with Crippen LogP contribution in [-0.2, 0) is 0 Å². The van der Waals surface area contributed by atoms with Crippen molar-refractivity contribution in [2.45, 2.75) is 0 Å². The Morgan fingerprint density at radius 2 is 1.89 bits per heavy atom. The topological polar surface area (TPSA) is 73.1 Å². The van der Waals surface area contributed by atoms with Gasteiger partial charge in [-0.05, 0) is 12.1 Å². The number of ether oxygens (including phenoxy) is 1. The summed E-state index contributed by atoms with van der Waals surface area (Å²) in [6, 6.07) is 2.75. The minimum Gasteiger partial charge on any atom is -0.490 e. The molecular formula is C11H9Cl2FN4O. The van der Waals surface area contributed by atoms with Crippen LogP contribution in [0.5, 0.6) is 5.75 Å². The monoisotopic (exact) mass is 302 g/mol. The molecule has 8 heteroatoms. The molecule has 0 amide bonds. The summed E-state index contributed by atoms with van der Waals surface area (Å²) in [7, 11) is 1.44. The molecule has 1 aromatic carbocycles. The van der Waals surface area contributed by atoms with Crippen molar-refractivity contribution in [3.63, 3.8) is 0 Å². The molecular weight excluding hydrogens is 294 g/mol. The van der Waals surface area contributed by atoms with E-state index < -0.39 is 5.82 Å². The molecule has 1 heterocycles. The lowest BCUT2D eigenvalue weighted by molar-refractivity contribution is 0.415. The van der Waals surface area contributed by atoms with Gasteiger partial charge in [0.1, 0.15) is 6.33 Å². The van der Waals surface area contributed by atoms with Gasteiger partial charge in [-0.1, -0.05) is 23.2 Å². The van der Waals surface area contributed by atoms with Crippen molar-refractivity contribution in [1.82, 2.24) is 9.97 Å². The van der Waals surface area contributed by atoms with E-state index in [4.69, 9.17) is 33.7 Å². The molecule has 5 nitrogen and oxygen atoms in total. The predicted octanol–water partition coefficient (Wildman–Crippen LogP) is 3.26. The number of anilines is 3. The van der Waals surface area contributed by atoms with Gasteiger partial charge in [0.05, 0.1) is 17.2 Å². The van der Waals surface area contributed by atoms with Crippen molar-refractivity contribution in [2.75, 3.05) is 18.2 Å². The number of halogens is 3. The summed E-state index contributed by atoms with van der Waals surface area (Å²) in [5.41, 5.74) is 6.09. The number of benzene rings is 1. The summed E-state index contributed by atoms with van der Waals surface area (Å²) in [6.45, 7) is 0. The maximum absolute atomic E-state index is 13.3. The number of hydrogen-bond donors (Lipinski definition) is 2. The minimum absolute atomic E-state index is 0.101. The van der Waals surface area contributed by atoms with E-state index in [0.717, 1.165) is 0 Å². The van der Waals surface area contributed by atoms with E-state index in [-0.39, 0.29) is 21.6 Å². The number of aromatic nitrogens is 2. The number of nitrogens with two attached hydrogens (primary N) is 1. The Morgan fingerprint density at radius 1 is 1.26 bits per heavy atom. The molecule has 100 valence electrons. The third kappa shape index (κ3) is 2.80. The number of methoxy groups -OCH3 is 1. The normalized spacial score (nSPS) is 10.3. The highest BCUT2D eigenvalue weighted by molar-refractivity contribution is 6.35. The van der Waals surface area contributed by atoms with Gasteiger partial charge in [-0.15, -0.1) is 0 Å². The van der Waals surface area contributed by atoms with Crippen LogP contribution in [0.2, 0.25) is 10.0 Å². The largest absolute Gasteiger partial charge is 0.490 e. The van der Waals surface area contributed by atoms with Gasteiger partial charge >= 0.3 is 0 Å². The maximum Gasteiger partial charge on any atom is 0.204 e. The van der Waals surface area contributed by atoms with Gasteiger partial charge in [-0.25, -0.2) is 14.4 Å². The van der Waals surface area contributed by atoms with Crippen molar-refractivity contribution >= 4 is 40.5 Å². The van der Waals surface area contributed by atoms with Crippen molar-refractivity contribution in [3.8, 4) is 5.75 Å². The summed E-state index contributed by atoms with van der Waals surface area (Å²) < 4.78 is 18.4. The van der Waals surface area contributed by atoms with Crippen LogP contribution in [0, 0.1) is 5.82 Å². The number of hydrogen-bond acceptors (Lipinski definition) is 5. The maximum atomic E-state index is 13.3. The highest BCUT2D eigenvalue weighted by atomic mass is 35.5. The summed E-state index contributed by atoms with van der Waals surface area (Å²) >= 11 is 11.4. The molecule has 0 saturated heterocycles. The van der Waals surface area contributed by atoms with Gasteiger partial charge in [0, 0.05) is 5.69 Å². The molecule has 0 unspecified atom stereocenters. The Labute approximate surface area is 118 Å². The molecule has 0 saturated carbocycles. The third-order valence-corrected chi connectivity index (χ3v) is 2.83. The smallest absolute Gasteiger partial charge is 0.204 e. The fourth-order valence-electron chi connectivity index (χ4n) is 1.44. The van der Waals surface area contributed by atoms with Crippen LogP contribution >= 0.6 is 23.2 Å². The lowest BCUT2D eigenvalue weighted by Gasteiger charge is -2.11. The van der Waals surface area contributed by atoms with Crippen LogP contribution < -0.4 is 15.8 Å². The highest BCUT2D eigenvalue weighted by Gasteiger charge is 2.12. The molecule has 1 aromatic heterocycles. The molecule has 0 spiro atoms. The number of nitrogen functional groups attached to an aromatic ring is 1. The average Bonchev–Trinajstić information content (AvgIpc) is 2.36. The first-order valence-corrected chi connectivity index (χ1v) is 5.84. The standard InChI is InChI=1S/C11H9Cl2FN4O/c1-19-9-10(15)16-4-17-11(9)18-5-2-6(12)8(14)7(13)3-5/h2-4H,1H3,(H3,15,16,17,18). The lowest BCUT2D eigenvalue weighted by atomic mass is 10.3. The molecule has 2 aromatic rings. The Hall–Kier alpha value is -1.79. The molecule has 19 heavy (non-hydrogen) atoms. The molecule has 0 fully saturated rings. The minimum atomic E-state index is -0.678. The lowest BCUT2D eigenvalue weighted by Crippen LogP contribution is -2.03. The summed E-state index contributed by atoms with van der Waals surface area (Å²) in [6.07, 6.45) is 1.27. The Balaban J connectivity index is 2.39. The molecule has 0 aliphatic carbocycles. The Kier molecular flexibility index (Phi) is 3.92. The summed E-state index contributed by atoms with van der Waals surface area (Å²) in [4.78, 5) is 7.77. The van der Waals surface area contributed by atoms with E-state index in [9.17, 15) is 4.39 Å². The van der Waals surface area contributed by atoms with Crippen LogP contribution in [-0.4, -0.2) is 17.1 Å². The highest BCUT2D eigenvalue weighted by Crippen LogP contribution is 2.32. The molecule has 0 bridgehead atoms. The zero-order valence-corrected chi connectivity index (χ0v) is 11.3. The zero-order valence-electron chi connectivity index (χ0n) is 9.75. The van der Waals surface area contributed by atoms with E-state index in [1.165, 1.54) is 25.6 Å². The first kappa shape index (κ1) is 13.6.